The number of rotatable bonds is 5. The minimum atomic E-state index is 0.594. The number of aromatic nitrogens is 6. The SMILES string of the molecule is Cc1nc2ccccc2n1-c1nc(N2CCOCC2)c2nc(CC3CN([C@H]4CCOC4)C3)n(C)c2n1. The Labute approximate surface area is 209 Å². The number of nitrogens with zero attached hydrogens (tertiary/aromatic N) is 8. The molecular formula is C26H32N8O2. The van der Waals surface area contributed by atoms with Crippen LogP contribution in [0.2, 0.25) is 0 Å². The molecule has 36 heavy (non-hydrogen) atoms. The van der Waals surface area contributed by atoms with Gasteiger partial charge in [-0.2, -0.15) is 9.97 Å². The Bertz CT molecular complexity index is 1410. The van der Waals surface area contributed by atoms with Gasteiger partial charge in [-0.05, 0) is 31.4 Å². The lowest BCUT2D eigenvalue weighted by molar-refractivity contribution is 0.0441. The largest absolute Gasteiger partial charge is 0.380 e. The molecule has 3 saturated heterocycles. The maximum absolute atomic E-state index is 5.63. The van der Waals surface area contributed by atoms with Crippen molar-refractivity contribution in [3.63, 3.8) is 0 Å². The van der Waals surface area contributed by atoms with E-state index < -0.39 is 0 Å². The van der Waals surface area contributed by atoms with Gasteiger partial charge in [-0.15, -0.1) is 0 Å². The van der Waals surface area contributed by atoms with E-state index in [1.54, 1.807) is 0 Å². The van der Waals surface area contributed by atoms with E-state index in [0.717, 1.165) is 91.9 Å². The summed E-state index contributed by atoms with van der Waals surface area (Å²) in [6.45, 7) is 8.98. The standard InChI is InChI=1S/C26H32N8O2/c1-17-27-20-5-3-4-6-21(20)34(17)26-29-24-23(25(30-26)32-8-11-35-12-9-32)28-22(31(24)2)13-18-14-33(15-18)19-7-10-36-16-19/h3-6,18-19H,7-16H2,1-2H3/t19-/m0/s1. The van der Waals surface area contributed by atoms with Gasteiger partial charge in [0.1, 0.15) is 11.6 Å². The van der Waals surface area contributed by atoms with Crippen molar-refractivity contribution in [1.29, 1.82) is 0 Å². The number of para-hydroxylation sites is 2. The number of benzene rings is 1. The molecule has 3 aliphatic rings. The number of aryl methyl sites for hydroxylation is 2. The molecule has 0 aliphatic carbocycles. The first-order valence-corrected chi connectivity index (χ1v) is 13.0. The van der Waals surface area contributed by atoms with E-state index in [9.17, 15) is 0 Å². The van der Waals surface area contributed by atoms with Crippen LogP contribution in [0.5, 0.6) is 0 Å². The predicted molar refractivity (Wildman–Crippen MR) is 137 cm³/mol. The number of fused-ring (bicyclic) bond motifs is 2. The van der Waals surface area contributed by atoms with Gasteiger partial charge in [0, 0.05) is 52.3 Å². The monoisotopic (exact) mass is 488 g/mol. The van der Waals surface area contributed by atoms with Crippen LogP contribution in [0.25, 0.3) is 28.1 Å². The van der Waals surface area contributed by atoms with E-state index >= 15 is 0 Å². The van der Waals surface area contributed by atoms with Gasteiger partial charge in [0.25, 0.3) is 0 Å². The highest BCUT2D eigenvalue weighted by molar-refractivity contribution is 5.86. The number of ether oxygens (including phenoxy) is 2. The summed E-state index contributed by atoms with van der Waals surface area (Å²) in [4.78, 5) is 24.9. The molecule has 0 N–H and O–H groups in total. The quantitative estimate of drug-likeness (QED) is 0.422. The van der Waals surface area contributed by atoms with Crippen LogP contribution in [0.3, 0.4) is 0 Å². The average molecular weight is 489 g/mol. The highest BCUT2D eigenvalue weighted by Gasteiger charge is 2.35. The summed E-state index contributed by atoms with van der Waals surface area (Å²) in [7, 11) is 2.09. The fourth-order valence-electron chi connectivity index (χ4n) is 5.86. The zero-order valence-corrected chi connectivity index (χ0v) is 20.9. The van der Waals surface area contributed by atoms with Gasteiger partial charge in [-0.25, -0.2) is 9.97 Å². The third-order valence-electron chi connectivity index (χ3n) is 7.90. The summed E-state index contributed by atoms with van der Waals surface area (Å²) in [5.74, 6) is 4.08. The van der Waals surface area contributed by atoms with Crippen LogP contribution in [0.4, 0.5) is 5.82 Å². The summed E-state index contributed by atoms with van der Waals surface area (Å²) in [6, 6.07) is 8.74. The van der Waals surface area contributed by atoms with E-state index in [1.165, 1.54) is 0 Å². The maximum Gasteiger partial charge on any atom is 0.239 e. The zero-order chi connectivity index (χ0) is 24.2. The van der Waals surface area contributed by atoms with Crippen molar-refractivity contribution >= 4 is 28.0 Å². The molecule has 3 aromatic heterocycles. The van der Waals surface area contributed by atoms with Crippen molar-refractivity contribution in [2.75, 3.05) is 57.5 Å². The van der Waals surface area contributed by atoms with E-state index in [-0.39, 0.29) is 0 Å². The second-order valence-corrected chi connectivity index (χ2v) is 10.2. The molecule has 4 aromatic rings. The lowest BCUT2D eigenvalue weighted by atomic mass is 9.93. The predicted octanol–water partition coefficient (Wildman–Crippen LogP) is 2.11. The second kappa shape index (κ2) is 8.79. The molecule has 10 nitrogen and oxygen atoms in total. The molecule has 0 amide bonds. The Kier molecular flexibility index (Phi) is 5.41. The van der Waals surface area contributed by atoms with E-state index in [4.69, 9.17) is 29.4 Å². The first-order valence-electron chi connectivity index (χ1n) is 13.0. The molecule has 188 valence electrons. The Balaban J connectivity index is 1.28. The first kappa shape index (κ1) is 22.1. The lowest BCUT2D eigenvalue weighted by Gasteiger charge is -2.42. The van der Waals surface area contributed by atoms with Gasteiger partial charge in [0.15, 0.2) is 17.0 Å². The van der Waals surface area contributed by atoms with Gasteiger partial charge in [-0.3, -0.25) is 9.47 Å². The first-order chi connectivity index (χ1) is 17.7. The average Bonchev–Trinajstić information content (AvgIpc) is 3.59. The molecule has 0 radical (unpaired) electrons. The van der Waals surface area contributed by atoms with E-state index in [2.05, 4.69) is 32.0 Å². The number of likely N-dealkylation sites (tertiary alicyclic amines) is 1. The van der Waals surface area contributed by atoms with Crippen LogP contribution in [-0.2, 0) is 22.9 Å². The number of hydrogen-bond acceptors (Lipinski definition) is 8. The van der Waals surface area contributed by atoms with Crippen LogP contribution in [0.15, 0.2) is 24.3 Å². The van der Waals surface area contributed by atoms with Crippen molar-refractivity contribution < 1.29 is 9.47 Å². The smallest absolute Gasteiger partial charge is 0.239 e. The third kappa shape index (κ3) is 3.66. The Morgan fingerprint density at radius 2 is 1.81 bits per heavy atom. The topological polar surface area (TPSA) is 86.4 Å². The van der Waals surface area contributed by atoms with Crippen molar-refractivity contribution in [3.05, 3.63) is 35.9 Å². The number of anilines is 1. The molecule has 3 fully saturated rings. The van der Waals surface area contributed by atoms with Crippen LogP contribution >= 0.6 is 0 Å². The fraction of sp³-hybridized carbons (Fsp3) is 0.538. The molecule has 6 heterocycles. The van der Waals surface area contributed by atoms with Crippen LogP contribution in [-0.4, -0.2) is 92.6 Å². The zero-order valence-electron chi connectivity index (χ0n) is 20.9. The van der Waals surface area contributed by atoms with Crippen molar-refractivity contribution in [3.8, 4) is 5.95 Å². The third-order valence-corrected chi connectivity index (χ3v) is 7.90. The normalized spacial score (nSPS) is 21.6. The Morgan fingerprint density at radius 3 is 2.61 bits per heavy atom. The summed E-state index contributed by atoms with van der Waals surface area (Å²) >= 11 is 0. The Morgan fingerprint density at radius 1 is 0.972 bits per heavy atom. The van der Waals surface area contributed by atoms with Crippen LogP contribution < -0.4 is 4.90 Å². The summed E-state index contributed by atoms with van der Waals surface area (Å²) < 4.78 is 15.4. The van der Waals surface area contributed by atoms with Gasteiger partial charge < -0.3 is 18.9 Å². The summed E-state index contributed by atoms with van der Waals surface area (Å²) in [6.07, 6.45) is 2.10. The molecule has 0 saturated carbocycles. The molecule has 7 rings (SSSR count). The lowest BCUT2D eigenvalue weighted by Crippen LogP contribution is -2.53. The molecule has 0 unspecified atom stereocenters. The minimum absolute atomic E-state index is 0.594. The number of imidazole rings is 2. The van der Waals surface area contributed by atoms with Crippen molar-refractivity contribution in [2.45, 2.75) is 25.8 Å². The minimum Gasteiger partial charge on any atom is -0.380 e. The molecule has 1 atom stereocenters. The highest BCUT2D eigenvalue weighted by Crippen LogP contribution is 2.30. The molecule has 0 spiro atoms. The van der Waals surface area contributed by atoms with Crippen molar-refractivity contribution in [1.82, 2.24) is 34.0 Å². The molecule has 0 bridgehead atoms. The van der Waals surface area contributed by atoms with E-state index in [1.807, 2.05) is 25.1 Å². The van der Waals surface area contributed by atoms with Gasteiger partial charge in [0.05, 0.1) is 30.9 Å². The van der Waals surface area contributed by atoms with Crippen LogP contribution in [0, 0.1) is 12.8 Å². The number of morpholine rings is 1. The number of hydrogen-bond donors (Lipinski definition) is 0. The van der Waals surface area contributed by atoms with Crippen LogP contribution in [0.1, 0.15) is 18.1 Å². The van der Waals surface area contributed by atoms with Gasteiger partial charge in [-0.1, -0.05) is 12.1 Å². The second-order valence-electron chi connectivity index (χ2n) is 10.2. The molecule has 3 aliphatic heterocycles. The maximum atomic E-state index is 5.63. The Hall–Kier alpha value is -3.08. The summed E-state index contributed by atoms with van der Waals surface area (Å²) in [5.41, 5.74) is 3.70. The molecule has 1 aromatic carbocycles. The summed E-state index contributed by atoms with van der Waals surface area (Å²) in [5, 5.41) is 0. The highest BCUT2D eigenvalue weighted by atomic mass is 16.5. The molecular weight excluding hydrogens is 456 g/mol. The van der Waals surface area contributed by atoms with E-state index in [0.29, 0.717) is 31.1 Å². The van der Waals surface area contributed by atoms with Crippen molar-refractivity contribution in [2.24, 2.45) is 13.0 Å². The van der Waals surface area contributed by atoms with Gasteiger partial charge in [0.2, 0.25) is 5.95 Å². The fourth-order valence-corrected chi connectivity index (χ4v) is 5.86. The van der Waals surface area contributed by atoms with Gasteiger partial charge >= 0.3 is 0 Å². The molecule has 10 heteroatoms.